The summed E-state index contributed by atoms with van der Waals surface area (Å²) >= 11 is 0. The topological polar surface area (TPSA) is 38.0 Å². The summed E-state index contributed by atoms with van der Waals surface area (Å²) in [6.45, 7) is 10.3. The molecular weight excluding hydrogens is 168 g/mol. The van der Waals surface area contributed by atoms with Crippen LogP contribution in [0.4, 0.5) is 0 Å². The Morgan fingerprint density at radius 1 is 1.36 bits per heavy atom. The minimum atomic E-state index is -1.06. The third-order valence-corrected chi connectivity index (χ3v) is 8.72. The predicted octanol–water partition coefficient (Wildman–Crippen LogP) is 1.11. The summed E-state index contributed by atoms with van der Waals surface area (Å²) in [5.74, 6) is 0. The summed E-state index contributed by atoms with van der Waals surface area (Å²) in [5, 5.41) is 0. The molecule has 0 saturated heterocycles. The second-order valence-corrected chi connectivity index (χ2v) is 11.8. The highest BCUT2D eigenvalue weighted by atomic mass is 28.4. The molecule has 3 N–H and O–H groups in total. The molecule has 0 amide bonds. The summed E-state index contributed by atoms with van der Waals surface area (Å²) in [6.07, 6.45) is 1.19. The van der Waals surface area contributed by atoms with Crippen LogP contribution in [0.2, 0.25) is 32.2 Å². The summed E-state index contributed by atoms with van der Waals surface area (Å²) < 4.78 is 3.78. The highest BCUT2D eigenvalue weighted by Gasteiger charge is 2.20. The molecule has 0 aliphatic heterocycles. The molecule has 0 aromatic carbocycles. The molecule has 0 radical (unpaired) electrons. The average molecular weight is 190 g/mol. The van der Waals surface area contributed by atoms with Crippen LogP contribution in [0.1, 0.15) is 6.42 Å². The molecule has 68 valence electrons. The molecule has 0 unspecified atom stereocenters. The maximum absolute atomic E-state index is 5.47. The van der Waals surface area contributed by atoms with Gasteiger partial charge in [-0.2, -0.15) is 0 Å². The fraction of sp³-hybridized carbons (Fsp3) is 1.00. The van der Waals surface area contributed by atoms with Crippen molar-refractivity contribution < 1.29 is 0 Å². The van der Waals surface area contributed by atoms with Crippen molar-refractivity contribution in [1.29, 1.82) is 0 Å². The van der Waals surface area contributed by atoms with Crippen molar-refractivity contribution in [2.75, 3.05) is 6.54 Å². The molecule has 0 spiro atoms. The van der Waals surface area contributed by atoms with E-state index < -0.39 is 17.2 Å². The minimum Gasteiger partial charge on any atom is -0.362 e. The zero-order valence-corrected chi connectivity index (χ0v) is 10.4. The zero-order chi connectivity index (χ0) is 8.91. The zero-order valence-electron chi connectivity index (χ0n) is 8.28. The molecule has 0 fully saturated rings. The highest BCUT2D eigenvalue weighted by Crippen LogP contribution is 2.07. The second-order valence-electron chi connectivity index (χ2n) is 4.08. The fourth-order valence-electron chi connectivity index (χ4n) is 1.40. The van der Waals surface area contributed by atoms with Gasteiger partial charge in [0.1, 0.15) is 8.24 Å². The van der Waals surface area contributed by atoms with Crippen LogP contribution in [0.15, 0.2) is 0 Å². The number of hydrogen-bond acceptors (Lipinski definition) is 2. The Hall–Kier alpha value is 0.354. The standard InChI is InChI=1S/C7H22N2Si2/c1-10(2)9-11(3,4)7-5-6-8/h9-10H,5-8H2,1-4H3. The minimum absolute atomic E-state index is 0.567. The van der Waals surface area contributed by atoms with Crippen LogP contribution in [0.3, 0.4) is 0 Å². The smallest absolute Gasteiger partial charge is 0.112 e. The van der Waals surface area contributed by atoms with Crippen LogP contribution in [-0.4, -0.2) is 23.7 Å². The Morgan fingerprint density at radius 3 is 2.27 bits per heavy atom. The molecule has 0 aliphatic carbocycles. The van der Waals surface area contributed by atoms with Crippen LogP contribution >= 0.6 is 0 Å². The second kappa shape index (κ2) is 5.08. The van der Waals surface area contributed by atoms with Crippen LogP contribution < -0.4 is 10.4 Å². The van der Waals surface area contributed by atoms with Gasteiger partial charge in [0.05, 0.1) is 8.96 Å². The van der Waals surface area contributed by atoms with E-state index in [1.807, 2.05) is 0 Å². The molecule has 0 aliphatic rings. The van der Waals surface area contributed by atoms with Gasteiger partial charge in [0.25, 0.3) is 0 Å². The summed E-state index contributed by atoms with van der Waals surface area (Å²) in [6, 6.07) is 1.33. The van der Waals surface area contributed by atoms with Crippen molar-refractivity contribution in [3.8, 4) is 0 Å². The Kier molecular flexibility index (Phi) is 5.24. The van der Waals surface area contributed by atoms with Crippen LogP contribution in [0.25, 0.3) is 0 Å². The molecule has 0 rings (SSSR count). The molecule has 0 saturated carbocycles. The predicted molar refractivity (Wildman–Crippen MR) is 58.0 cm³/mol. The maximum atomic E-state index is 5.47. The van der Waals surface area contributed by atoms with E-state index in [2.05, 4.69) is 30.8 Å². The van der Waals surface area contributed by atoms with Gasteiger partial charge < -0.3 is 10.4 Å². The Labute approximate surface area is 73.3 Å². The Bertz CT molecular complexity index is 105. The van der Waals surface area contributed by atoms with Gasteiger partial charge in [-0.05, 0) is 19.0 Å². The first-order valence-corrected chi connectivity index (χ1v) is 10.5. The quantitative estimate of drug-likeness (QED) is 0.638. The van der Waals surface area contributed by atoms with Crippen molar-refractivity contribution in [3.63, 3.8) is 0 Å². The molecule has 0 aromatic rings. The number of hydrogen-bond donors (Lipinski definition) is 2. The lowest BCUT2D eigenvalue weighted by Gasteiger charge is -2.25. The third-order valence-electron chi connectivity index (χ3n) is 1.69. The average Bonchev–Trinajstić information content (AvgIpc) is 1.81. The van der Waals surface area contributed by atoms with Gasteiger partial charge in [-0.3, -0.25) is 0 Å². The molecule has 0 aromatic heterocycles. The van der Waals surface area contributed by atoms with Gasteiger partial charge in [0.15, 0.2) is 0 Å². The number of nitrogens with one attached hydrogen (secondary N) is 1. The van der Waals surface area contributed by atoms with E-state index in [-0.39, 0.29) is 0 Å². The monoisotopic (exact) mass is 190 g/mol. The van der Waals surface area contributed by atoms with Crippen LogP contribution in [0.5, 0.6) is 0 Å². The highest BCUT2D eigenvalue weighted by molar-refractivity contribution is 6.83. The third kappa shape index (κ3) is 6.74. The summed E-state index contributed by atoms with van der Waals surface area (Å²) in [5.41, 5.74) is 5.47. The van der Waals surface area contributed by atoms with E-state index >= 15 is 0 Å². The SMILES string of the molecule is C[SiH](C)N[Si](C)(C)CCCN. The van der Waals surface area contributed by atoms with Gasteiger partial charge in [0.2, 0.25) is 0 Å². The molecule has 0 bridgehead atoms. The molecule has 2 nitrogen and oxygen atoms in total. The largest absolute Gasteiger partial charge is 0.362 e. The molecule has 0 heterocycles. The van der Waals surface area contributed by atoms with Crippen molar-refractivity contribution in [1.82, 2.24) is 4.65 Å². The van der Waals surface area contributed by atoms with E-state index in [0.29, 0.717) is 0 Å². The van der Waals surface area contributed by atoms with Crippen molar-refractivity contribution >= 4 is 17.2 Å². The van der Waals surface area contributed by atoms with E-state index in [1.165, 1.54) is 12.5 Å². The van der Waals surface area contributed by atoms with E-state index in [1.54, 1.807) is 0 Å². The van der Waals surface area contributed by atoms with Crippen molar-refractivity contribution in [3.05, 3.63) is 0 Å². The fourth-order valence-corrected chi connectivity index (χ4v) is 9.31. The van der Waals surface area contributed by atoms with Crippen LogP contribution in [-0.2, 0) is 0 Å². The van der Waals surface area contributed by atoms with Gasteiger partial charge in [-0.25, -0.2) is 0 Å². The molecule has 11 heavy (non-hydrogen) atoms. The van der Waals surface area contributed by atoms with Crippen molar-refractivity contribution in [2.24, 2.45) is 5.73 Å². The normalized spacial score (nSPS) is 12.5. The van der Waals surface area contributed by atoms with Crippen LogP contribution in [0, 0.1) is 0 Å². The molecule has 4 heteroatoms. The first kappa shape index (κ1) is 11.4. The van der Waals surface area contributed by atoms with E-state index in [4.69, 9.17) is 5.73 Å². The molecule has 0 atom stereocenters. The van der Waals surface area contributed by atoms with Gasteiger partial charge >= 0.3 is 0 Å². The first-order valence-electron chi connectivity index (χ1n) is 4.46. The summed E-state index contributed by atoms with van der Waals surface area (Å²) in [4.78, 5) is 0. The lowest BCUT2D eigenvalue weighted by Crippen LogP contribution is -2.50. The summed E-state index contributed by atoms with van der Waals surface area (Å²) in [7, 11) is -1.62. The maximum Gasteiger partial charge on any atom is 0.112 e. The Balaban J connectivity index is 3.61. The number of rotatable bonds is 5. The van der Waals surface area contributed by atoms with Gasteiger partial charge in [0, 0.05) is 0 Å². The van der Waals surface area contributed by atoms with E-state index in [9.17, 15) is 0 Å². The lowest BCUT2D eigenvalue weighted by molar-refractivity contribution is 0.904. The Morgan fingerprint density at radius 2 is 1.91 bits per heavy atom. The number of nitrogens with two attached hydrogens (primary N) is 1. The first-order chi connectivity index (χ1) is 4.98. The van der Waals surface area contributed by atoms with E-state index in [0.717, 1.165) is 6.54 Å². The lowest BCUT2D eigenvalue weighted by atomic mass is 10.5. The van der Waals surface area contributed by atoms with Gasteiger partial charge in [-0.15, -0.1) is 0 Å². The van der Waals surface area contributed by atoms with Gasteiger partial charge in [-0.1, -0.05) is 26.2 Å². The molecular formula is C7H22N2Si2. The van der Waals surface area contributed by atoms with Crippen molar-refractivity contribution in [2.45, 2.75) is 38.7 Å².